The average molecular weight is 457 g/mol. The van der Waals surface area contributed by atoms with E-state index in [0.717, 1.165) is 28.7 Å². The summed E-state index contributed by atoms with van der Waals surface area (Å²) in [6.45, 7) is 8.55. The summed E-state index contributed by atoms with van der Waals surface area (Å²) in [5.74, 6) is -0.157. The molecule has 4 heteroatoms. The van der Waals surface area contributed by atoms with E-state index < -0.39 is 6.04 Å². The summed E-state index contributed by atoms with van der Waals surface area (Å²) >= 11 is 0. The predicted molar refractivity (Wildman–Crippen MR) is 138 cm³/mol. The first-order valence-corrected chi connectivity index (χ1v) is 12.1. The number of benzene rings is 3. The van der Waals surface area contributed by atoms with Crippen LogP contribution in [-0.2, 0) is 29.0 Å². The van der Waals surface area contributed by atoms with Crippen molar-refractivity contribution in [2.75, 3.05) is 0 Å². The third-order valence-electron chi connectivity index (χ3n) is 6.39. The summed E-state index contributed by atoms with van der Waals surface area (Å²) in [6.07, 6.45) is 1.56. The Bertz CT molecular complexity index is 1080. The molecule has 0 aliphatic heterocycles. The molecular formula is C30H36N2O2. The Labute approximate surface area is 204 Å². The zero-order chi connectivity index (χ0) is 24.5. The third kappa shape index (κ3) is 7.05. The summed E-state index contributed by atoms with van der Waals surface area (Å²) in [5, 5.41) is 3.12. The van der Waals surface area contributed by atoms with Crippen molar-refractivity contribution in [3.63, 3.8) is 0 Å². The minimum Gasteiger partial charge on any atom is -0.352 e. The number of rotatable bonds is 10. The summed E-state index contributed by atoms with van der Waals surface area (Å²) in [4.78, 5) is 29.0. The molecule has 2 unspecified atom stereocenters. The molecule has 178 valence electrons. The molecule has 3 aromatic carbocycles. The molecule has 0 aromatic heterocycles. The van der Waals surface area contributed by atoms with Crippen LogP contribution in [0.2, 0.25) is 0 Å². The van der Waals surface area contributed by atoms with Crippen molar-refractivity contribution < 1.29 is 9.59 Å². The lowest BCUT2D eigenvalue weighted by Crippen LogP contribution is -2.52. The number of hydrogen-bond acceptors (Lipinski definition) is 2. The molecule has 0 spiro atoms. The van der Waals surface area contributed by atoms with Gasteiger partial charge in [-0.25, -0.2) is 0 Å². The molecule has 0 bridgehead atoms. The Balaban J connectivity index is 1.96. The molecular weight excluding hydrogens is 420 g/mol. The number of carbonyl (C=O) groups excluding carboxylic acids is 2. The number of amides is 2. The van der Waals surface area contributed by atoms with Gasteiger partial charge in [-0.2, -0.15) is 0 Å². The van der Waals surface area contributed by atoms with Crippen LogP contribution in [-0.4, -0.2) is 28.8 Å². The fourth-order valence-corrected chi connectivity index (χ4v) is 3.96. The number of carbonyl (C=O) groups is 2. The van der Waals surface area contributed by atoms with Crippen LogP contribution in [0.25, 0.3) is 0 Å². The molecule has 0 aliphatic rings. The molecule has 0 fully saturated rings. The largest absolute Gasteiger partial charge is 0.352 e. The van der Waals surface area contributed by atoms with Gasteiger partial charge in [0.25, 0.3) is 0 Å². The highest BCUT2D eigenvalue weighted by atomic mass is 16.2. The van der Waals surface area contributed by atoms with E-state index in [1.807, 2.05) is 80.6 Å². The second-order valence-electron chi connectivity index (χ2n) is 9.13. The first-order chi connectivity index (χ1) is 16.4. The quantitative estimate of drug-likeness (QED) is 0.444. The number of nitrogens with zero attached hydrogens (tertiary/aromatic N) is 1. The molecule has 0 saturated carbocycles. The van der Waals surface area contributed by atoms with Crippen LogP contribution in [0.5, 0.6) is 0 Å². The Hall–Kier alpha value is -3.40. The minimum absolute atomic E-state index is 0.0409. The smallest absolute Gasteiger partial charge is 0.243 e. The highest BCUT2D eigenvalue weighted by Gasteiger charge is 2.31. The van der Waals surface area contributed by atoms with Crippen LogP contribution in [0, 0.1) is 13.8 Å². The zero-order valence-electron chi connectivity index (χ0n) is 20.8. The fraction of sp³-hybridized carbons (Fsp3) is 0.333. The fourth-order valence-electron chi connectivity index (χ4n) is 3.96. The zero-order valence-corrected chi connectivity index (χ0v) is 20.8. The molecule has 34 heavy (non-hydrogen) atoms. The second kappa shape index (κ2) is 12.2. The van der Waals surface area contributed by atoms with E-state index in [1.165, 1.54) is 5.56 Å². The van der Waals surface area contributed by atoms with Crippen LogP contribution in [0.1, 0.15) is 48.1 Å². The normalized spacial score (nSPS) is 12.6. The average Bonchev–Trinajstić information content (AvgIpc) is 2.84. The Morgan fingerprint density at radius 1 is 0.824 bits per heavy atom. The number of nitrogens with one attached hydrogen (secondary N) is 1. The molecule has 4 nitrogen and oxygen atoms in total. The summed E-state index contributed by atoms with van der Waals surface area (Å²) in [6, 6.07) is 25.4. The van der Waals surface area contributed by atoms with Crippen molar-refractivity contribution in [1.82, 2.24) is 10.2 Å². The van der Waals surface area contributed by atoms with E-state index >= 15 is 0 Å². The van der Waals surface area contributed by atoms with Gasteiger partial charge in [0.1, 0.15) is 6.04 Å². The van der Waals surface area contributed by atoms with Gasteiger partial charge in [0, 0.05) is 19.0 Å². The summed E-state index contributed by atoms with van der Waals surface area (Å²) in [7, 11) is 0. The molecule has 2 amide bonds. The van der Waals surface area contributed by atoms with Crippen molar-refractivity contribution in [3.05, 3.63) is 107 Å². The van der Waals surface area contributed by atoms with Crippen molar-refractivity contribution in [2.45, 2.75) is 65.6 Å². The molecule has 0 radical (unpaired) electrons. The van der Waals surface area contributed by atoms with E-state index in [-0.39, 0.29) is 24.3 Å². The first kappa shape index (κ1) is 25.2. The maximum absolute atomic E-state index is 13.8. The van der Waals surface area contributed by atoms with Crippen molar-refractivity contribution in [3.8, 4) is 0 Å². The van der Waals surface area contributed by atoms with Gasteiger partial charge in [-0.15, -0.1) is 0 Å². The van der Waals surface area contributed by atoms with Gasteiger partial charge in [0.05, 0.1) is 6.42 Å². The maximum Gasteiger partial charge on any atom is 0.243 e. The predicted octanol–water partition coefficient (Wildman–Crippen LogP) is 5.40. The van der Waals surface area contributed by atoms with Crippen LogP contribution in [0.3, 0.4) is 0 Å². The van der Waals surface area contributed by atoms with Gasteiger partial charge in [0.15, 0.2) is 0 Å². The van der Waals surface area contributed by atoms with Crippen LogP contribution >= 0.6 is 0 Å². The van der Waals surface area contributed by atoms with Gasteiger partial charge in [-0.3, -0.25) is 9.59 Å². The molecule has 0 saturated heterocycles. The van der Waals surface area contributed by atoms with Crippen LogP contribution in [0.4, 0.5) is 0 Å². The van der Waals surface area contributed by atoms with Gasteiger partial charge < -0.3 is 10.2 Å². The van der Waals surface area contributed by atoms with Crippen molar-refractivity contribution >= 4 is 11.8 Å². The number of aryl methyl sites for hydroxylation is 2. The monoisotopic (exact) mass is 456 g/mol. The summed E-state index contributed by atoms with van der Waals surface area (Å²) in [5.41, 5.74) is 5.36. The van der Waals surface area contributed by atoms with E-state index in [1.54, 1.807) is 4.90 Å². The number of hydrogen-bond donors (Lipinski definition) is 1. The van der Waals surface area contributed by atoms with Crippen LogP contribution in [0.15, 0.2) is 78.9 Å². The minimum atomic E-state index is -0.601. The molecule has 1 N–H and O–H groups in total. The van der Waals surface area contributed by atoms with E-state index in [4.69, 9.17) is 0 Å². The lowest BCUT2D eigenvalue weighted by molar-refractivity contribution is -0.141. The maximum atomic E-state index is 13.8. The molecule has 2 atom stereocenters. The van der Waals surface area contributed by atoms with Crippen molar-refractivity contribution in [1.29, 1.82) is 0 Å². The highest BCUT2D eigenvalue weighted by molar-refractivity contribution is 5.89. The van der Waals surface area contributed by atoms with Crippen LogP contribution < -0.4 is 5.32 Å². The Kier molecular flexibility index (Phi) is 9.03. The lowest BCUT2D eigenvalue weighted by Gasteiger charge is -2.32. The highest BCUT2D eigenvalue weighted by Crippen LogP contribution is 2.18. The van der Waals surface area contributed by atoms with Crippen molar-refractivity contribution in [2.24, 2.45) is 0 Å². The third-order valence-corrected chi connectivity index (χ3v) is 6.39. The first-order valence-electron chi connectivity index (χ1n) is 12.1. The SMILES string of the molecule is CCC(C)NC(=O)C(Cc1ccccc1)N(Cc1ccccc1)C(=O)Cc1ccc(C)c(C)c1. The van der Waals surface area contributed by atoms with E-state index in [0.29, 0.717) is 13.0 Å². The van der Waals surface area contributed by atoms with Gasteiger partial charge in [-0.05, 0) is 55.0 Å². The molecule has 0 heterocycles. The summed E-state index contributed by atoms with van der Waals surface area (Å²) < 4.78 is 0. The molecule has 0 aliphatic carbocycles. The van der Waals surface area contributed by atoms with Gasteiger partial charge >= 0.3 is 0 Å². The Morgan fingerprint density at radius 2 is 1.44 bits per heavy atom. The van der Waals surface area contributed by atoms with Gasteiger partial charge in [-0.1, -0.05) is 85.8 Å². The standard InChI is InChI=1S/C30H36N2O2/c1-5-24(4)31-30(34)28(19-25-12-8-6-9-13-25)32(21-26-14-10-7-11-15-26)29(33)20-27-17-16-22(2)23(3)18-27/h6-18,24,28H,5,19-21H2,1-4H3,(H,31,34). The van der Waals surface area contributed by atoms with E-state index in [2.05, 4.69) is 31.3 Å². The van der Waals surface area contributed by atoms with Gasteiger partial charge in [0.2, 0.25) is 11.8 Å². The van der Waals surface area contributed by atoms with E-state index in [9.17, 15) is 9.59 Å². The second-order valence-corrected chi connectivity index (χ2v) is 9.13. The topological polar surface area (TPSA) is 49.4 Å². The molecule has 3 aromatic rings. The lowest BCUT2D eigenvalue weighted by atomic mass is 10.00. The Morgan fingerprint density at radius 3 is 2.03 bits per heavy atom. The molecule has 3 rings (SSSR count).